The molecule has 0 atom stereocenters. The van der Waals surface area contributed by atoms with E-state index in [9.17, 15) is 18.0 Å². The number of hydrogen-bond acceptors (Lipinski definition) is 6. The van der Waals surface area contributed by atoms with Crippen LogP contribution in [0.2, 0.25) is 0 Å². The average Bonchev–Trinajstić information content (AvgIpc) is 2.87. The third kappa shape index (κ3) is 3.91. The molecule has 0 saturated carbocycles. The minimum Gasteiger partial charge on any atom is -0.322 e. The normalized spacial score (nSPS) is 13.8. The number of fused-ring (bicyclic) bond motifs is 2. The summed E-state index contributed by atoms with van der Waals surface area (Å²) in [5, 5.41) is 11.0. The van der Waals surface area contributed by atoms with Gasteiger partial charge in [-0.3, -0.25) is 9.59 Å². The number of carbonyl (C=O) groups excluding carboxylic acids is 2. The molecule has 34 heavy (non-hydrogen) atoms. The minimum atomic E-state index is -3.92. The standard InChI is InChI=1S/C26H17N3O4S/c30-25-21-8-4-5-9-23(21)34(32,33)24-16-17(10-15-22(24)25)26(31)27-18-11-13-20(14-12-18)29-28-19-6-2-1-3-7-19/h1-16H,(H,27,31). The summed E-state index contributed by atoms with van der Waals surface area (Å²) < 4.78 is 26.1. The number of anilines is 1. The second-order valence-electron chi connectivity index (χ2n) is 7.58. The number of benzene rings is 4. The molecule has 0 aliphatic carbocycles. The molecule has 4 aromatic rings. The van der Waals surface area contributed by atoms with E-state index in [1.807, 2.05) is 30.3 Å². The third-order valence-corrected chi connectivity index (χ3v) is 7.21. The molecule has 0 fully saturated rings. The van der Waals surface area contributed by atoms with Gasteiger partial charge in [0, 0.05) is 22.4 Å². The van der Waals surface area contributed by atoms with Crippen molar-refractivity contribution in [2.45, 2.75) is 9.79 Å². The maximum absolute atomic E-state index is 13.1. The number of carbonyl (C=O) groups is 2. The lowest BCUT2D eigenvalue weighted by atomic mass is 10.0. The van der Waals surface area contributed by atoms with Crippen LogP contribution in [-0.4, -0.2) is 20.1 Å². The molecule has 0 saturated heterocycles. The molecular formula is C26H17N3O4S. The van der Waals surface area contributed by atoms with Gasteiger partial charge in [-0.15, -0.1) is 0 Å². The number of nitrogens with zero attached hydrogens (tertiary/aromatic N) is 2. The van der Waals surface area contributed by atoms with Gasteiger partial charge < -0.3 is 5.32 Å². The van der Waals surface area contributed by atoms with Gasteiger partial charge in [0.1, 0.15) is 0 Å². The first-order valence-corrected chi connectivity index (χ1v) is 11.8. The Hall–Kier alpha value is -4.43. The summed E-state index contributed by atoms with van der Waals surface area (Å²) in [5.41, 5.74) is 2.16. The summed E-state index contributed by atoms with van der Waals surface area (Å²) >= 11 is 0. The van der Waals surface area contributed by atoms with E-state index in [1.54, 1.807) is 36.4 Å². The minimum absolute atomic E-state index is 0.0506. The Bertz CT molecular complexity index is 1560. The van der Waals surface area contributed by atoms with Crippen LogP contribution in [0.5, 0.6) is 0 Å². The molecule has 0 radical (unpaired) electrons. The molecule has 7 nitrogen and oxygen atoms in total. The number of hydrogen-bond donors (Lipinski definition) is 1. The second kappa shape index (κ2) is 8.49. The van der Waals surface area contributed by atoms with Crippen LogP contribution in [0.3, 0.4) is 0 Å². The Morgan fingerprint density at radius 2 is 1.29 bits per heavy atom. The van der Waals surface area contributed by atoms with Gasteiger partial charge in [0.15, 0.2) is 5.78 Å². The molecule has 4 aromatic carbocycles. The number of azo groups is 1. The molecule has 0 unspecified atom stereocenters. The molecule has 0 aromatic heterocycles. The van der Waals surface area contributed by atoms with Crippen molar-refractivity contribution in [2.75, 3.05) is 5.32 Å². The van der Waals surface area contributed by atoms with Gasteiger partial charge in [0.25, 0.3) is 5.91 Å². The first-order chi connectivity index (χ1) is 16.4. The summed E-state index contributed by atoms with van der Waals surface area (Å²) in [6.07, 6.45) is 0. The van der Waals surface area contributed by atoms with Crippen molar-refractivity contribution in [1.82, 2.24) is 0 Å². The van der Waals surface area contributed by atoms with Crippen LogP contribution in [-0.2, 0) is 9.84 Å². The maximum Gasteiger partial charge on any atom is 0.255 e. The van der Waals surface area contributed by atoms with Crippen LogP contribution in [0, 0.1) is 0 Å². The predicted molar refractivity (Wildman–Crippen MR) is 127 cm³/mol. The lowest BCUT2D eigenvalue weighted by molar-refractivity contribution is 0.101. The molecule has 0 spiro atoms. The number of ketones is 1. The number of sulfone groups is 1. The lowest BCUT2D eigenvalue weighted by Crippen LogP contribution is -2.21. The van der Waals surface area contributed by atoms with Crippen molar-refractivity contribution >= 4 is 38.6 Å². The highest BCUT2D eigenvalue weighted by Gasteiger charge is 2.35. The highest BCUT2D eigenvalue weighted by Crippen LogP contribution is 2.35. The van der Waals surface area contributed by atoms with Crippen LogP contribution >= 0.6 is 0 Å². The Kier molecular flexibility index (Phi) is 5.35. The van der Waals surface area contributed by atoms with Gasteiger partial charge in [-0.05, 0) is 66.7 Å². The maximum atomic E-state index is 13.1. The Morgan fingerprint density at radius 1 is 0.676 bits per heavy atom. The van der Waals surface area contributed by atoms with E-state index < -0.39 is 15.7 Å². The lowest BCUT2D eigenvalue weighted by Gasteiger charge is -2.19. The van der Waals surface area contributed by atoms with Gasteiger partial charge in [0.05, 0.1) is 21.2 Å². The smallest absolute Gasteiger partial charge is 0.255 e. The number of nitrogens with one attached hydrogen (secondary N) is 1. The molecule has 1 N–H and O–H groups in total. The quantitative estimate of drug-likeness (QED) is 0.341. The van der Waals surface area contributed by atoms with E-state index in [-0.39, 0.29) is 32.3 Å². The van der Waals surface area contributed by atoms with Crippen LogP contribution in [0.1, 0.15) is 26.3 Å². The third-order valence-electron chi connectivity index (χ3n) is 5.36. The van der Waals surface area contributed by atoms with Crippen molar-refractivity contribution in [2.24, 2.45) is 10.2 Å². The molecular weight excluding hydrogens is 450 g/mol. The molecule has 166 valence electrons. The highest BCUT2D eigenvalue weighted by atomic mass is 32.2. The topological polar surface area (TPSA) is 105 Å². The first-order valence-electron chi connectivity index (χ1n) is 10.3. The summed E-state index contributed by atoms with van der Waals surface area (Å²) in [5.74, 6) is -0.879. The molecule has 0 bridgehead atoms. The molecule has 8 heteroatoms. The fourth-order valence-corrected chi connectivity index (χ4v) is 5.33. The van der Waals surface area contributed by atoms with Crippen LogP contribution in [0.15, 0.2) is 117 Å². The van der Waals surface area contributed by atoms with Crippen molar-refractivity contribution in [3.8, 4) is 0 Å². The fraction of sp³-hybridized carbons (Fsp3) is 0. The zero-order chi connectivity index (χ0) is 23.7. The molecule has 1 heterocycles. The van der Waals surface area contributed by atoms with E-state index >= 15 is 0 Å². The monoisotopic (exact) mass is 467 g/mol. The molecule has 1 amide bonds. The Labute approximate surface area is 195 Å². The zero-order valence-corrected chi connectivity index (χ0v) is 18.5. The van der Waals surface area contributed by atoms with Crippen molar-refractivity contribution < 1.29 is 18.0 Å². The van der Waals surface area contributed by atoms with Crippen molar-refractivity contribution in [1.29, 1.82) is 0 Å². The summed E-state index contributed by atoms with van der Waals surface area (Å²) in [7, 11) is -3.92. The zero-order valence-electron chi connectivity index (χ0n) is 17.7. The van der Waals surface area contributed by atoms with Crippen molar-refractivity contribution in [3.05, 3.63) is 114 Å². The van der Waals surface area contributed by atoms with Gasteiger partial charge >= 0.3 is 0 Å². The Morgan fingerprint density at radius 3 is 2.03 bits per heavy atom. The first kappa shape index (κ1) is 21.4. The summed E-state index contributed by atoms with van der Waals surface area (Å²) in [6.45, 7) is 0. The number of rotatable bonds is 4. The molecule has 5 rings (SSSR count). The van der Waals surface area contributed by atoms with E-state index in [0.717, 1.165) is 5.69 Å². The van der Waals surface area contributed by atoms with E-state index in [0.29, 0.717) is 11.4 Å². The molecule has 1 aliphatic heterocycles. The van der Waals surface area contributed by atoms with Crippen LogP contribution in [0.4, 0.5) is 17.1 Å². The van der Waals surface area contributed by atoms with Crippen molar-refractivity contribution in [3.63, 3.8) is 0 Å². The van der Waals surface area contributed by atoms with E-state index in [4.69, 9.17) is 0 Å². The van der Waals surface area contributed by atoms with Gasteiger partial charge in [-0.2, -0.15) is 10.2 Å². The highest BCUT2D eigenvalue weighted by molar-refractivity contribution is 7.91. The van der Waals surface area contributed by atoms with Crippen LogP contribution < -0.4 is 5.32 Å². The second-order valence-corrected chi connectivity index (χ2v) is 9.46. The van der Waals surface area contributed by atoms with E-state index in [1.165, 1.54) is 30.3 Å². The molecule has 1 aliphatic rings. The summed E-state index contributed by atoms with van der Waals surface area (Å²) in [6, 6.07) is 26.2. The fourth-order valence-electron chi connectivity index (χ4n) is 3.65. The van der Waals surface area contributed by atoms with Gasteiger partial charge in [0.2, 0.25) is 9.84 Å². The number of amides is 1. The van der Waals surface area contributed by atoms with Gasteiger partial charge in [-0.1, -0.05) is 30.3 Å². The predicted octanol–water partition coefficient (Wildman–Crippen LogP) is 5.73. The van der Waals surface area contributed by atoms with Crippen LogP contribution in [0.25, 0.3) is 0 Å². The SMILES string of the molecule is O=C(Nc1ccc(N=Nc2ccccc2)cc1)c1ccc2c(c1)S(=O)(=O)c1ccccc1C2=O. The van der Waals surface area contributed by atoms with Gasteiger partial charge in [-0.25, -0.2) is 8.42 Å². The largest absolute Gasteiger partial charge is 0.322 e. The van der Waals surface area contributed by atoms with E-state index in [2.05, 4.69) is 15.5 Å². The average molecular weight is 468 g/mol. The summed E-state index contributed by atoms with van der Waals surface area (Å²) in [4.78, 5) is 25.3. The Balaban J connectivity index is 1.37.